The smallest absolute Gasteiger partial charge is 0.122 e. The SMILES string of the molecule is CCn1ccnc1CNC(C)c1ccc(Cl)cc1Cl. The minimum atomic E-state index is 0.145. The van der Waals surface area contributed by atoms with E-state index < -0.39 is 0 Å². The van der Waals surface area contributed by atoms with Crippen molar-refractivity contribution in [1.82, 2.24) is 14.9 Å². The Labute approximate surface area is 123 Å². The number of halogens is 2. The molecule has 0 amide bonds. The quantitative estimate of drug-likeness (QED) is 0.902. The highest BCUT2D eigenvalue weighted by molar-refractivity contribution is 6.35. The summed E-state index contributed by atoms with van der Waals surface area (Å²) in [4.78, 5) is 4.34. The molecule has 2 rings (SSSR count). The van der Waals surface area contributed by atoms with Gasteiger partial charge in [0.1, 0.15) is 5.82 Å². The number of nitrogens with one attached hydrogen (secondary N) is 1. The fourth-order valence-electron chi connectivity index (χ4n) is 2.00. The van der Waals surface area contributed by atoms with Crippen molar-refractivity contribution in [2.24, 2.45) is 0 Å². The Morgan fingerprint density at radius 2 is 2.16 bits per heavy atom. The molecule has 2 aromatic rings. The second-order valence-corrected chi connectivity index (χ2v) is 5.24. The fraction of sp³-hybridized carbons (Fsp3) is 0.357. The standard InChI is InChI=1S/C14H17Cl2N3/c1-3-19-7-6-17-14(19)9-18-10(2)12-5-4-11(15)8-13(12)16/h4-8,10,18H,3,9H2,1-2H3. The first-order valence-corrected chi connectivity index (χ1v) is 7.05. The van der Waals surface area contributed by atoms with E-state index in [1.54, 1.807) is 6.07 Å². The van der Waals surface area contributed by atoms with Gasteiger partial charge in [0.25, 0.3) is 0 Å². The van der Waals surface area contributed by atoms with E-state index in [-0.39, 0.29) is 6.04 Å². The third-order valence-corrected chi connectivity index (χ3v) is 3.70. The normalized spacial score (nSPS) is 12.6. The molecule has 0 radical (unpaired) electrons. The highest BCUT2D eigenvalue weighted by atomic mass is 35.5. The van der Waals surface area contributed by atoms with E-state index in [2.05, 4.69) is 28.7 Å². The summed E-state index contributed by atoms with van der Waals surface area (Å²) in [6, 6.07) is 5.72. The Morgan fingerprint density at radius 1 is 1.37 bits per heavy atom. The molecule has 1 unspecified atom stereocenters. The van der Waals surface area contributed by atoms with E-state index in [0.717, 1.165) is 17.9 Å². The molecule has 5 heteroatoms. The summed E-state index contributed by atoms with van der Waals surface area (Å²) in [5.41, 5.74) is 1.04. The van der Waals surface area contributed by atoms with Crippen LogP contribution in [0.25, 0.3) is 0 Å². The lowest BCUT2D eigenvalue weighted by molar-refractivity contribution is 0.540. The predicted octanol–water partition coefficient (Wildman–Crippen LogP) is 4.06. The van der Waals surface area contributed by atoms with Gasteiger partial charge in [0.05, 0.1) is 6.54 Å². The van der Waals surface area contributed by atoms with Gasteiger partial charge in [-0.25, -0.2) is 4.98 Å². The first kappa shape index (κ1) is 14.4. The second-order valence-electron chi connectivity index (χ2n) is 4.40. The number of hydrogen-bond donors (Lipinski definition) is 1. The highest BCUT2D eigenvalue weighted by Crippen LogP contribution is 2.26. The van der Waals surface area contributed by atoms with Gasteiger partial charge in [-0.15, -0.1) is 0 Å². The number of nitrogens with zero attached hydrogens (tertiary/aromatic N) is 2. The van der Waals surface area contributed by atoms with E-state index in [0.29, 0.717) is 16.6 Å². The molecule has 0 aliphatic rings. The molecule has 0 saturated heterocycles. The number of aromatic nitrogens is 2. The van der Waals surface area contributed by atoms with Crippen LogP contribution in [0.2, 0.25) is 10.0 Å². The van der Waals surface area contributed by atoms with Crippen molar-refractivity contribution in [1.29, 1.82) is 0 Å². The van der Waals surface area contributed by atoms with Crippen LogP contribution in [0.4, 0.5) is 0 Å². The van der Waals surface area contributed by atoms with Crippen molar-refractivity contribution in [3.8, 4) is 0 Å². The zero-order valence-electron chi connectivity index (χ0n) is 11.0. The summed E-state index contributed by atoms with van der Waals surface area (Å²) in [7, 11) is 0. The molecule has 0 saturated carbocycles. The molecule has 1 atom stereocenters. The summed E-state index contributed by atoms with van der Waals surface area (Å²) in [6.45, 7) is 5.81. The van der Waals surface area contributed by atoms with Gasteiger partial charge in [-0.3, -0.25) is 0 Å². The van der Waals surface area contributed by atoms with Gasteiger partial charge in [0.2, 0.25) is 0 Å². The number of hydrogen-bond acceptors (Lipinski definition) is 2. The van der Waals surface area contributed by atoms with Crippen molar-refractivity contribution in [3.63, 3.8) is 0 Å². The minimum absolute atomic E-state index is 0.145. The van der Waals surface area contributed by atoms with Crippen LogP contribution in [-0.4, -0.2) is 9.55 Å². The Morgan fingerprint density at radius 3 is 2.84 bits per heavy atom. The van der Waals surface area contributed by atoms with Crippen molar-refractivity contribution in [3.05, 3.63) is 52.0 Å². The van der Waals surface area contributed by atoms with E-state index in [1.807, 2.05) is 24.5 Å². The number of imidazole rings is 1. The molecule has 0 spiro atoms. The first-order chi connectivity index (χ1) is 9.11. The van der Waals surface area contributed by atoms with Gasteiger partial charge >= 0.3 is 0 Å². The van der Waals surface area contributed by atoms with Crippen LogP contribution in [0.1, 0.15) is 31.3 Å². The van der Waals surface area contributed by atoms with Crippen LogP contribution < -0.4 is 5.32 Å². The minimum Gasteiger partial charge on any atom is -0.334 e. The van der Waals surface area contributed by atoms with Gasteiger partial charge in [-0.05, 0) is 31.5 Å². The molecule has 0 aliphatic carbocycles. The Kier molecular flexibility index (Phi) is 4.86. The maximum absolute atomic E-state index is 6.20. The molecule has 1 N–H and O–H groups in total. The number of rotatable bonds is 5. The van der Waals surface area contributed by atoms with Gasteiger partial charge in [0, 0.05) is 35.0 Å². The molecular formula is C14H17Cl2N3. The van der Waals surface area contributed by atoms with E-state index in [1.165, 1.54) is 0 Å². The molecular weight excluding hydrogens is 281 g/mol. The van der Waals surface area contributed by atoms with E-state index >= 15 is 0 Å². The van der Waals surface area contributed by atoms with Crippen LogP contribution >= 0.6 is 23.2 Å². The van der Waals surface area contributed by atoms with Crippen molar-refractivity contribution in [2.45, 2.75) is 33.0 Å². The van der Waals surface area contributed by atoms with Gasteiger partial charge in [-0.1, -0.05) is 29.3 Å². The third kappa shape index (κ3) is 3.50. The zero-order valence-corrected chi connectivity index (χ0v) is 12.5. The molecule has 1 aromatic carbocycles. The van der Waals surface area contributed by atoms with Crippen molar-refractivity contribution in [2.75, 3.05) is 0 Å². The fourth-order valence-corrected chi connectivity index (χ4v) is 2.57. The first-order valence-electron chi connectivity index (χ1n) is 6.30. The van der Waals surface area contributed by atoms with Crippen LogP contribution in [0.15, 0.2) is 30.6 Å². The van der Waals surface area contributed by atoms with Crippen LogP contribution in [-0.2, 0) is 13.1 Å². The zero-order chi connectivity index (χ0) is 13.8. The highest BCUT2D eigenvalue weighted by Gasteiger charge is 2.10. The molecule has 0 bridgehead atoms. The van der Waals surface area contributed by atoms with E-state index in [9.17, 15) is 0 Å². The summed E-state index contributed by atoms with van der Waals surface area (Å²) in [5, 5.41) is 4.77. The second kappa shape index (κ2) is 6.42. The van der Waals surface area contributed by atoms with Crippen LogP contribution in [0.5, 0.6) is 0 Å². The average Bonchev–Trinajstić information content (AvgIpc) is 2.83. The summed E-state index contributed by atoms with van der Waals surface area (Å²) < 4.78 is 2.11. The Bertz CT molecular complexity index is 551. The molecule has 1 aromatic heterocycles. The van der Waals surface area contributed by atoms with Crippen molar-refractivity contribution < 1.29 is 0 Å². The monoisotopic (exact) mass is 297 g/mol. The maximum atomic E-state index is 6.20. The summed E-state index contributed by atoms with van der Waals surface area (Å²) in [5.74, 6) is 1.03. The number of aryl methyl sites for hydroxylation is 1. The van der Waals surface area contributed by atoms with Gasteiger partial charge < -0.3 is 9.88 Å². The van der Waals surface area contributed by atoms with Crippen LogP contribution in [0, 0.1) is 0 Å². The summed E-state index contributed by atoms with van der Waals surface area (Å²) in [6.07, 6.45) is 3.80. The lowest BCUT2D eigenvalue weighted by atomic mass is 10.1. The topological polar surface area (TPSA) is 29.9 Å². The van der Waals surface area contributed by atoms with Gasteiger partial charge in [0.15, 0.2) is 0 Å². The van der Waals surface area contributed by atoms with Crippen LogP contribution in [0.3, 0.4) is 0 Å². The Hall–Kier alpha value is -1.03. The maximum Gasteiger partial charge on any atom is 0.122 e. The predicted molar refractivity (Wildman–Crippen MR) is 79.6 cm³/mol. The molecule has 0 aliphatic heterocycles. The molecule has 102 valence electrons. The lowest BCUT2D eigenvalue weighted by Crippen LogP contribution is -2.20. The Balaban J connectivity index is 2.03. The molecule has 0 fully saturated rings. The summed E-state index contributed by atoms with van der Waals surface area (Å²) >= 11 is 12.1. The lowest BCUT2D eigenvalue weighted by Gasteiger charge is -2.16. The van der Waals surface area contributed by atoms with Crippen molar-refractivity contribution >= 4 is 23.2 Å². The number of benzene rings is 1. The molecule has 3 nitrogen and oxygen atoms in total. The molecule has 1 heterocycles. The molecule has 19 heavy (non-hydrogen) atoms. The van der Waals surface area contributed by atoms with Gasteiger partial charge in [-0.2, -0.15) is 0 Å². The largest absolute Gasteiger partial charge is 0.334 e. The van der Waals surface area contributed by atoms with E-state index in [4.69, 9.17) is 23.2 Å². The average molecular weight is 298 g/mol. The third-order valence-electron chi connectivity index (χ3n) is 3.14.